The van der Waals surface area contributed by atoms with Gasteiger partial charge in [0.15, 0.2) is 0 Å². The molecule has 3 rings (SSSR count). The summed E-state index contributed by atoms with van der Waals surface area (Å²) in [7, 11) is -3.85. The Morgan fingerprint density at radius 1 is 1.30 bits per heavy atom. The minimum absolute atomic E-state index is 0.0500. The van der Waals surface area contributed by atoms with Crippen LogP contribution in [0.3, 0.4) is 0 Å². The summed E-state index contributed by atoms with van der Waals surface area (Å²) in [5, 5.41) is 8.99. The summed E-state index contributed by atoms with van der Waals surface area (Å²) >= 11 is 0. The molecule has 0 spiro atoms. The zero-order chi connectivity index (χ0) is 16.6. The van der Waals surface area contributed by atoms with Gasteiger partial charge in [-0.1, -0.05) is 18.9 Å². The molecule has 6 nitrogen and oxygen atoms in total. The van der Waals surface area contributed by atoms with Gasteiger partial charge in [-0.15, -0.1) is 0 Å². The highest BCUT2D eigenvalue weighted by atomic mass is 32.2. The predicted octanol–water partition coefficient (Wildman–Crippen LogP) is 1.37. The van der Waals surface area contributed by atoms with Gasteiger partial charge in [-0.25, -0.2) is 8.42 Å². The number of rotatable bonds is 3. The van der Waals surface area contributed by atoms with Crippen LogP contribution in [0, 0.1) is 17.2 Å². The van der Waals surface area contributed by atoms with Crippen LogP contribution in [0.4, 0.5) is 0 Å². The largest absolute Gasteiger partial charge is 0.368 e. The van der Waals surface area contributed by atoms with E-state index in [1.54, 1.807) is 12.1 Å². The molecule has 122 valence electrons. The first-order valence-corrected chi connectivity index (χ1v) is 9.22. The lowest BCUT2D eigenvalue weighted by Crippen LogP contribution is -2.48. The summed E-state index contributed by atoms with van der Waals surface area (Å²) in [5.41, 5.74) is 5.75. The molecule has 2 fully saturated rings. The lowest BCUT2D eigenvalue weighted by Gasteiger charge is -2.32. The van der Waals surface area contributed by atoms with E-state index in [0.29, 0.717) is 6.42 Å². The molecule has 0 unspecified atom stereocenters. The fourth-order valence-corrected chi connectivity index (χ4v) is 5.78. The number of carbonyl (C=O) groups excluding carboxylic acids is 1. The highest BCUT2D eigenvalue weighted by Crippen LogP contribution is 2.42. The molecular weight excluding hydrogens is 314 g/mol. The number of primary amides is 1. The zero-order valence-corrected chi connectivity index (χ0v) is 13.5. The van der Waals surface area contributed by atoms with Gasteiger partial charge in [0, 0.05) is 6.04 Å². The minimum atomic E-state index is -3.85. The standard InChI is InChI=1S/C16H19N3O3S/c17-10-11-4-3-6-13(8-11)23(21,22)19-14-7-2-1-5-12(14)9-15(19)16(18)20/h3-4,6,8,12,14-15H,1-2,5,7,9H2,(H2,18,20)/t12-,14+,15+/m1/s1. The number of benzene rings is 1. The lowest BCUT2D eigenvalue weighted by molar-refractivity contribution is -0.121. The SMILES string of the molecule is N#Cc1cccc(S(=O)(=O)N2[C@H](C(N)=O)C[C@H]3CCCC[C@@H]32)c1. The number of nitrogens with zero attached hydrogens (tertiary/aromatic N) is 2. The quantitative estimate of drug-likeness (QED) is 0.901. The molecule has 1 heterocycles. The summed E-state index contributed by atoms with van der Waals surface area (Å²) < 4.78 is 27.5. The Morgan fingerprint density at radius 3 is 2.74 bits per heavy atom. The molecule has 1 aromatic rings. The van der Waals surface area contributed by atoms with E-state index in [4.69, 9.17) is 11.0 Å². The Kier molecular flexibility index (Phi) is 4.13. The van der Waals surface area contributed by atoms with Crippen molar-refractivity contribution in [3.8, 4) is 6.07 Å². The molecule has 1 aromatic carbocycles. The summed E-state index contributed by atoms with van der Waals surface area (Å²) in [6.07, 6.45) is 4.20. The molecule has 1 amide bonds. The Hall–Kier alpha value is -1.91. The van der Waals surface area contributed by atoms with Crippen molar-refractivity contribution >= 4 is 15.9 Å². The van der Waals surface area contributed by atoms with Crippen LogP contribution in [0.25, 0.3) is 0 Å². The maximum atomic E-state index is 13.1. The van der Waals surface area contributed by atoms with Gasteiger partial charge in [-0.2, -0.15) is 9.57 Å². The van der Waals surface area contributed by atoms with E-state index >= 15 is 0 Å². The maximum Gasteiger partial charge on any atom is 0.244 e. The summed E-state index contributed by atoms with van der Waals surface area (Å²) in [6.45, 7) is 0. The Labute approximate surface area is 135 Å². The topological polar surface area (TPSA) is 104 Å². The molecule has 3 atom stereocenters. The second-order valence-electron chi connectivity index (χ2n) is 6.24. The van der Waals surface area contributed by atoms with E-state index < -0.39 is 22.0 Å². The fraction of sp³-hybridized carbons (Fsp3) is 0.500. The molecule has 0 radical (unpaired) electrons. The highest BCUT2D eigenvalue weighted by molar-refractivity contribution is 7.89. The van der Waals surface area contributed by atoms with Crippen LogP contribution in [0.2, 0.25) is 0 Å². The summed E-state index contributed by atoms with van der Waals surface area (Å²) in [5.74, 6) is -0.408. The average Bonchev–Trinajstić information content (AvgIpc) is 2.95. The van der Waals surface area contributed by atoms with Crippen molar-refractivity contribution in [2.75, 3.05) is 0 Å². The maximum absolute atomic E-state index is 13.1. The van der Waals surface area contributed by atoms with Gasteiger partial charge in [0.25, 0.3) is 0 Å². The number of hydrogen-bond donors (Lipinski definition) is 1. The third-order valence-electron chi connectivity index (χ3n) is 4.90. The molecule has 1 saturated carbocycles. The molecule has 2 N–H and O–H groups in total. The normalized spacial score (nSPS) is 28.0. The van der Waals surface area contributed by atoms with E-state index in [-0.39, 0.29) is 22.4 Å². The van der Waals surface area contributed by atoms with Gasteiger partial charge < -0.3 is 5.73 Å². The predicted molar refractivity (Wildman–Crippen MR) is 83.5 cm³/mol. The van der Waals surface area contributed by atoms with E-state index in [0.717, 1.165) is 25.7 Å². The van der Waals surface area contributed by atoms with Crippen molar-refractivity contribution in [3.63, 3.8) is 0 Å². The number of carbonyl (C=O) groups is 1. The van der Waals surface area contributed by atoms with Crippen LogP contribution in [0.5, 0.6) is 0 Å². The first-order valence-electron chi connectivity index (χ1n) is 7.78. The minimum Gasteiger partial charge on any atom is -0.368 e. The van der Waals surface area contributed by atoms with E-state index in [1.165, 1.54) is 16.4 Å². The van der Waals surface area contributed by atoms with Crippen LogP contribution < -0.4 is 5.73 Å². The van der Waals surface area contributed by atoms with Gasteiger partial charge in [-0.05, 0) is 43.4 Å². The first-order chi connectivity index (χ1) is 10.9. The van der Waals surface area contributed by atoms with Crippen molar-refractivity contribution in [2.45, 2.75) is 49.1 Å². The Bertz CT molecular complexity index is 769. The van der Waals surface area contributed by atoms with Crippen LogP contribution in [0.1, 0.15) is 37.7 Å². The molecule has 23 heavy (non-hydrogen) atoms. The Morgan fingerprint density at radius 2 is 2.04 bits per heavy atom. The average molecular weight is 333 g/mol. The van der Waals surface area contributed by atoms with Gasteiger partial charge in [0.1, 0.15) is 6.04 Å². The first kappa shape index (κ1) is 16.0. The number of amides is 1. The van der Waals surface area contributed by atoms with Crippen LogP contribution in [0.15, 0.2) is 29.2 Å². The summed E-state index contributed by atoms with van der Waals surface area (Å²) in [4.78, 5) is 11.9. The molecule has 0 aromatic heterocycles. The van der Waals surface area contributed by atoms with Crippen LogP contribution in [-0.2, 0) is 14.8 Å². The third kappa shape index (κ3) is 2.73. The second-order valence-corrected chi connectivity index (χ2v) is 8.08. The molecule has 1 aliphatic heterocycles. The fourth-order valence-electron chi connectivity index (χ4n) is 3.85. The van der Waals surface area contributed by atoms with Crippen molar-refractivity contribution < 1.29 is 13.2 Å². The number of hydrogen-bond acceptors (Lipinski definition) is 4. The van der Waals surface area contributed by atoms with Crippen molar-refractivity contribution in [1.82, 2.24) is 4.31 Å². The molecule has 1 saturated heterocycles. The van der Waals surface area contributed by atoms with Crippen LogP contribution in [-0.4, -0.2) is 30.7 Å². The number of nitrogens with two attached hydrogens (primary N) is 1. The lowest BCUT2D eigenvalue weighted by atomic mass is 9.85. The van der Waals surface area contributed by atoms with Crippen LogP contribution >= 0.6 is 0 Å². The van der Waals surface area contributed by atoms with Crippen molar-refractivity contribution in [2.24, 2.45) is 11.7 Å². The van der Waals surface area contributed by atoms with Crippen molar-refractivity contribution in [3.05, 3.63) is 29.8 Å². The van der Waals surface area contributed by atoms with E-state index in [9.17, 15) is 13.2 Å². The zero-order valence-electron chi connectivity index (χ0n) is 12.7. The molecule has 0 bridgehead atoms. The van der Waals surface area contributed by atoms with Gasteiger partial charge in [0.2, 0.25) is 15.9 Å². The van der Waals surface area contributed by atoms with E-state index in [2.05, 4.69) is 0 Å². The van der Waals surface area contributed by atoms with E-state index in [1.807, 2.05) is 6.07 Å². The van der Waals surface area contributed by atoms with Crippen molar-refractivity contribution in [1.29, 1.82) is 5.26 Å². The Balaban J connectivity index is 2.05. The molecular formula is C16H19N3O3S. The summed E-state index contributed by atoms with van der Waals surface area (Å²) in [6, 6.07) is 6.89. The molecule has 1 aliphatic carbocycles. The molecule has 2 aliphatic rings. The second kappa shape index (κ2) is 5.95. The van der Waals surface area contributed by atoms with Gasteiger partial charge in [-0.3, -0.25) is 4.79 Å². The third-order valence-corrected chi connectivity index (χ3v) is 6.83. The van der Waals surface area contributed by atoms with Gasteiger partial charge in [0.05, 0.1) is 16.5 Å². The number of sulfonamides is 1. The smallest absolute Gasteiger partial charge is 0.244 e. The monoisotopic (exact) mass is 333 g/mol. The molecule has 7 heteroatoms. The number of fused-ring (bicyclic) bond motifs is 1. The van der Waals surface area contributed by atoms with Gasteiger partial charge >= 0.3 is 0 Å². The number of nitriles is 1. The highest BCUT2D eigenvalue weighted by Gasteiger charge is 2.50.